The zero-order chi connectivity index (χ0) is 14.7. The molecule has 3 rings (SSSR count). The van der Waals surface area contributed by atoms with Crippen molar-refractivity contribution in [2.45, 2.75) is 55.2 Å². The Hall–Kier alpha value is -1.54. The van der Waals surface area contributed by atoms with E-state index in [-0.39, 0.29) is 11.2 Å². The SMILES string of the molecule is N#Cc1cc2c(nc1S[C@H]1CCCCNC1=O)CCCC2. The minimum Gasteiger partial charge on any atom is -0.355 e. The fourth-order valence-corrected chi connectivity index (χ4v) is 4.08. The van der Waals surface area contributed by atoms with E-state index in [0.29, 0.717) is 5.56 Å². The first-order chi connectivity index (χ1) is 10.3. The number of nitrogens with one attached hydrogen (secondary N) is 1. The monoisotopic (exact) mass is 301 g/mol. The summed E-state index contributed by atoms with van der Waals surface area (Å²) in [5.74, 6) is 0.0842. The lowest BCUT2D eigenvalue weighted by Gasteiger charge is -2.18. The van der Waals surface area contributed by atoms with Crippen molar-refractivity contribution >= 4 is 17.7 Å². The zero-order valence-corrected chi connectivity index (χ0v) is 12.8. The van der Waals surface area contributed by atoms with E-state index in [1.165, 1.54) is 30.2 Å². The summed E-state index contributed by atoms with van der Waals surface area (Å²) in [7, 11) is 0. The second-order valence-corrected chi connectivity index (χ2v) is 6.85. The summed E-state index contributed by atoms with van der Waals surface area (Å²) in [5.41, 5.74) is 2.96. The van der Waals surface area contributed by atoms with Crippen LogP contribution in [-0.2, 0) is 17.6 Å². The van der Waals surface area contributed by atoms with Gasteiger partial charge in [0.1, 0.15) is 11.1 Å². The maximum Gasteiger partial charge on any atom is 0.233 e. The maximum atomic E-state index is 12.1. The first kappa shape index (κ1) is 14.4. The molecule has 1 N–H and O–H groups in total. The number of amides is 1. The van der Waals surface area contributed by atoms with E-state index in [1.54, 1.807) is 0 Å². The van der Waals surface area contributed by atoms with Crippen LogP contribution in [0, 0.1) is 11.3 Å². The highest BCUT2D eigenvalue weighted by Crippen LogP contribution is 2.32. The normalized spacial score (nSPS) is 21.9. The minimum absolute atomic E-state index is 0.0842. The lowest BCUT2D eigenvalue weighted by atomic mass is 9.95. The Kier molecular flexibility index (Phi) is 4.45. The third-order valence-electron chi connectivity index (χ3n) is 4.12. The molecule has 5 heteroatoms. The van der Waals surface area contributed by atoms with Crippen LogP contribution in [0.25, 0.3) is 0 Å². The lowest BCUT2D eigenvalue weighted by molar-refractivity contribution is -0.120. The third-order valence-corrected chi connectivity index (χ3v) is 5.39. The molecule has 2 heterocycles. The highest BCUT2D eigenvalue weighted by atomic mass is 32.2. The van der Waals surface area contributed by atoms with E-state index in [0.717, 1.165) is 49.4 Å². The molecule has 1 amide bonds. The van der Waals surface area contributed by atoms with Crippen molar-refractivity contribution in [3.05, 3.63) is 22.9 Å². The molecule has 0 aromatic carbocycles. The predicted molar refractivity (Wildman–Crippen MR) is 82.1 cm³/mol. The number of fused-ring (bicyclic) bond motifs is 1. The second-order valence-electron chi connectivity index (χ2n) is 5.66. The van der Waals surface area contributed by atoms with Crippen molar-refractivity contribution in [3.63, 3.8) is 0 Å². The minimum atomic E-state index is -0.117. The Morgan fingerprint density at radius 3 is 3.00 bits per heavy atom. The molecule has 0 radical (unpaired) electrons. The van der Waals surface area contributed by atoms with Crippen LogP contribution in [0.1, 0.15) is 48.9 Å². The van der Waals surface area contributed by atoms with Crippen molar-refractivity contribution < 1.29 is 4.79 Å². The Labute approximate surface area is 129 Å². The van der Waals surface area contributed by atoms with Crippen molar-refractivity contribution in [1.82, 2.24) is 10.3 Å². The van der Waals surface area contributed by atoms with Crippen molar-refractivity contribution in [1.29, 1.82) is 5.26 Å². The van der Waals surface area contributed by atoms with E-state index in [2.05, 4.69) is 11.4 Å². The summed E-state index contributed by atoms with van der Waals surface area (Å²) in [5, 5.41) is 12.9. The van der Waals surface area contributed by atoms with Gasteiger partial charge in [-0.1, -0.05) is 18.2 Å². The van der Waals surface area contributed by atoms with E-state index in [4.69, 9.17) is 4.98 Å². The molecule has 0 bridgehead atoms. The fraction of sp³-hybridized carbons (Fsp3) is 0.562. The molecule has 0 unspecified atom stereocenters. The maximum absolute atomic E-state index is 12.1. The van der Waals surface area contributed by atoms with Crippen LogP contribution in [0.5, 0.6) is 0 Å². The average Bonchev–Trinajstić information content (AvgIpc) is 2.71. The van der Waals surface area contributed by atoms with Crippen molar-refractivity contribution in [3.8, 4) is 6.07 Å². The summed E-state index contributed by atoms with van der Waals surface area (Å²) in [6.45, 7) is 0.763. The molecule has 1 aromatic rings. The van der Waals surface area contributed by atoms with Gasteiger partial charge < -0.3 is 5.32 Å². The largest absolute Gasteiger partial charge is 0.355 e. The Balaban J connectivity index is 1.87. The molecular weight excluding hydrogens is 282 g/mol. The quantitative estimate of drug-likeness (QED) is 0.912. The van der Waals surface area contributed by atoms with Gasteiger partial charge >= 0.3 is 0 Å². The molecule has 1 aliphatic heterocycles. The molecule has 1 aliphatic carbocycles. The van der Waals surface area contributed by atoms with E-state index in [9.17, 15) is 10.1 Å². The number of aromatic nitrogens is 1. The van der Waals surface area contributed by atoms with Crippen molar-refractivity contribution in [2.75, 3.05) is 6.54 Å². The van der Waals surface area contributed by atoms with E-state index in [1.807, 2.05) is 6.07 Å². The van der Waals surface area contributed by atoms with Crippen LogP contribution < -0.4 is 5.32 Å². The van der Waals surface area contributed by atoms with Gasteiger partial charge in [-0.2, -0.15) is 5.26 Å². The van der Waals surface area contributed by atoms with Gasteiger partial charge in [-0.05, 0) is 50.2 Å². The van der Waals surface area contributed by atoms with Crippen LogP contribution in [0.15, 0.2) is 11.1 Å². The molecule has 1 aromatic heterocycles. The van der Waals surface area contributed by atoms with E-state index >= 15 is 0 Å². The Bertz CT molecular complexity index is 594. The molecule has 1 saturated heterocycles. The second kappa shape index (κ2) is 6.48. The number of carbonyl (C=O) groups excluding carboxylic acids is 1. The molecule has 0 spiro atoms. The summed E-state index contributed by atoms with van der Waals surface area (Å²) in [6.07, 6.45) is 7.29. The highest BCUT2D eigenvalue weighted by Gasteiger charge is 2.24. The molecular formula is C16H19N3OS. The van der Waals surface area contributed by atoms with Gasteiger partial charge in [0.05, 0.1) is 10.8 Å². The number of hydrogen-bond acceptors (Lipinski definition) is 4. The van der Waals surface area contributed by atoms with Gasteiger partial charge in [0, 0.05) is 12.2 Å². The molecule has 1 fully saturated rings. The molecule has 1 atom stereocenters. The summed E-state index contributed by atoms with van der Waals surface area (Å²) in [4.78, 5) is 16.8. The van der Waals surface area contributed by atoms with Crippen LogP contribution >= 0.6 is 11.8 Å². The van der Waals surface area contributed by atoms with Gasteiger partial charge in [-0.3, -0.25) is 4.79 Å². The molecule has 0 saturated carbocycles. The number of carbonyl (C=O) groups is 1. The molecule has 110 valence electrons. The topological polar surface area (TPSA) is 65.8 Å². The standard InChI is InChI=1S/C16H19N3OS/c17-10-12-9-11-5-1-2-6-13(11)19-16(12)21-14-7-3-4-8-18-15(14)20/h9,14H,1-8H2,(H,18,20)/t14-/m0/s1. The van der Waals surface area contributed by atoms with Crippen LogP contribution in [0.2, 0.25) is 0 Å². The number of thioether (sulfide) groups is 1. The first-order valence-electron chi connectivity index (χ1n) is 7.65. The van der Waals surface area contributed by atoms with Crippen LogP contribution in [-0.4, -0.2) is 22.7 Å². The van der Waals surface area contributed by atoms with E-state index < -0.39 is 0 Å². The molecule has 2 aliphatic rings. The number of nitrogens with zero attached hydrogens (tertiary/aromatic N) is 2. The van der Waals surface area contributed by atoms with Gasteiger partial charge in [0.2, 0.25) is 5.91 Å². The summed E-state index contributed by atoms with van der Waals surface area (Å²) in [6, 6.07) is 4.24. The van der Waals surface area contributed by atoms with Crippen LogP contribution in [0.3, 0.4) is 0 Å². The number of aryl methyl sites for hydroxylation is 2. The van der Waals surface area contributed by atoms with Gasteiger partial charge in [-0.15, -0.1) is 0 Å². The van der Waals surface area contributed by atoms with Crippen molar-refractivity contribution in [2.24, 2.45) is 0 Å². The molecule has 21 heavy (non-hydrogen) atoms. The zero-order valence-electron chi connectivity index (χ0n) is 12.0. The molecule has 4 nitrogen and oxygen atoms in total. The third kappa shape index (κ3) is 3.21. The van der Waals surface area contributed by atoms with Gasteiger partial charge in [-0.25, -0.2) is 4.98 Å². The Morgan fingerprint density at radius 2 is 2.14 bits per heavy atom. The number of pyridine rings is 1. The lowest BCUT2D eigenvalue weighted by Crippen LogP contribution is -2.30. The predicted octanol–water partition coefficient (Wildman–Crippen LogP) is 2.59. The Morgan fingerprint density at radius 1 is 1.29 bits per heavy atom. The summed E-state index contributed by atoms with van der Waals surface area (Å²) >= 11 is 1.46. The summed E-state index contributed by atoms with van der Waals surface area (Å²) < 4.78 is 0. The first-order valence-corrected chi connectivity index (χ1v) is 8.53. The van der Waals surface area contributed by atoms with Gasteiger partial charge in [0.25, 0.3) is 0 Å². The highest BCUT2D eigenvalue weighted by molar-refractivity contribution is 8.00. The van der Waals surface area contributed by atoms with Crippen LogP contribution in [0.4, 0.5) is 0 Å². The fourth-order valence-electron chi connectivity index (χ4n) is 2.94. The average molecular weight is 301 g/mol. The number of rotatable bonds is 2. The smallest absolute Gasteiger partial charge is 0.233 e. The number of hydrogen-bond donors (Lipinski definition) is 1. The number of nitriles is 1. The van der Waals surface area contributed by atoms with Gasteiger partial charge in [0.15, 0.2) is 0 Å².